The molecule has 5 nitrogen and oxygen atoms in total. The molecule has 0 radical (unpaired) electrons. The first-order valence-corrected chi connectivity index (χ1v) is 7.70. The van der Waals surface area contributed by atoms with Crippen LogP contribution in [0.2, 0.25) is 0 Å². The molecule has 0 unspecified atom stereocenters. The number of aryl methyl sites for hydroxylation is 1. The first-order chi connectivity index (χ1) is 8.86. The van der Waals surface area contributed by atoms with Crippen LogP contribution in [-0.2, 0) is 21.3 Å². The van der Waals surface area contributed by atoms with Gasteiger partial charge in [-0.1, -0.05) is 13.0 Å². The van der Waals surface area contributed by atoms with Gasteiger partial charge in [0.25, 0.3) is 10.1 Å². The molecular weight excluding hydrogens is 266 g/mol. The van der Waals surface area contributed by atoms with Gasteiger partial charge in [-0.3, -0.25) is 9.35 Å². The third-order valence-electron chi connectivity index (χ3n) is 3.45. The van der Waals surface area contributed by atoms with E-state index in [1.807, 2.05) is 13.8 Å². The van der Waals surface area contributed by atoms with Crippen LogP contribution >= 0.6 is 0 Å². The molecule has 6 heteroatoms. The summed E-state index contributed by atoms with van der Waals surface area (Å²) in [5, 5.41) is 0. The lowest BCUT2D eigenvalue weighted by Crippen LogP contribution is -2.27. The van der Waals surface area contributed by atoms with Gasteiger partial charge in [0.15, 0.2) is 0 Å². The molecule has 1 aliphatic heterocycles. The van der Waals surface area contributed by atoms with Crippen molar-refractivity contribution >= 4 is 21.7 Å². The average molecular weight is 283 g/mol. The van der Waals surface area contributed by atoms with E-state index in [1.165, 1.54) is 11.0 Å². The van der Waals surface area contributed by atoms with Gasteiger partial charge in [-0.15, -0.1) is 0 Å². The Balaban J connectivity index is 2.73. The van der Waals surface area contributed by atoms with Crippen LogP contribution in [0.4, 0.5) is 5.69 Å². The lowest BCUT2D eigenvalue weighted by Gasteiger charge is -2.23. The number of carbonyl (C=O) groups excluding carboxylic acids is 1. The van der Waals surface area contributed by atoms with E-state index in [0.29, 0.717) is 31.5 Å². The van der Waals surface area contributed by atoms with E-state index in [9.17, 15) is 17.8 Å². The molecule has 0 aliphatic carbocycles. The Hall–Kier alpha value is -1.40. The summed E-state index contributed by atoms with van der Waals surface area (Å²) in [5.74, 6) is -0.0924. The Kier molecular flexibility index (Phi) is 3.64. The summed E-state index contributed by atoms with van der Waals surface area (Å²) in [7, 11) is -4.34. The monoisotopic (exact) mass is 283 g/mol. The number of amides is 1. The van der Waals surface area contributed by atoms with E-state index in [0.717, 1.165) is 11.1 Å². The summed E-state index contributed by atoms with van der Waals surface area (Å²) in [4.78, 5) is 13.2. The Morgan fingerprint density at radius 3 is 2.53 bits per heavy atom. The van der Waals surface area contributed by atoms with Gasteiger partial charge >= 0.3 is 0 Å². The minimum Gasteiger partial charge on any atom is -0.311 e. The number of rotatable bonds is 3. The summed E-state index contributed by atoms with van der Waals surface area (Å²) in [6, 6.07) is 3.02. The van der Waals surface area contributed by atoms with E-state index >= 15 is 0 Å². The Morgan fingerprint density at radius 2 is 2.05 bits per heavy atom. The number of benzene rings is 1. The SMILES string of the molecule is CCc1c(C)ccc(S(=O)(=O)O)c1N1CCCC1=O. The molecule has 2 rings (SSSR count). The molecule has 1 aromatic rings. The van der Waals surface area contributed by atoms with Crippen molar-refractivity contribution < 1.29 is 17.8 Å². The highest BCUT2D eigenvalue weighted by Gasteiger charge is 2.30. The number of nitrogens with zero attached hydrogens (tertiary/aromatic N) is 1. The van der Waals surface area contributed by atoms with Gasteiger partial charge in [-0.2, -0.15) is 8.42 Å². The van der Waals surface area contributed by atoms with Crippen molar-refractivity contribution in [3.05, 3.63) is 23.3 Å². The van der Waals surface area contributed by atoms with Crippen molar-refractivity contribution in [2.75, 3.05) is 11.4 Å². The van der Waals surface area contributed by atoms with Crippen LogP contribution in [0.15, 0.2) is 17.0 Å². The van der Waals surface area contributed by atoms with Crippen molar-refractivity contribution in [3.8, 4) is 0 Å². The summed E-state index contributed by atoms with van der Waals surface area (Å²) in [6.45, 7) is 4.27. The highest BCUT2D eigenvalue weighted by molar-refractivity contribution is 7.86. The minimum atomic E-state index is -4.34. The zero-order valence-corrected chi connectivity index (χ0v) is 11.8. The quantitative estimate of drug-likeness (QED) is 0.860. The number of hydrogen-bond acceptors (Lipinski definition) is 3. The first-order valence-electron chi connectivity index (χ1n) is 6.26. The van der Waals surface area contributed by atoms with E-state index in [4.69, 9.17) is 0 Å². The first kappa shape index (κ1) is 14.0. The Morgan fingerprint density at radius 1 is 1.37 bits per heavy atom. The molecule has 1 saturated heterocycles. The molecular formula is C13H17NO4S. The zero-order chi connectivity index (χ0) is 14.2. The number of carbonyl (C=O) groups is 1. The molecule has 0 spiro atoms. The van der Waals surface area contributed by atoms with Crippen LogP contribution in [0.25, 0.3) is 0 Å². The predicted octanol–water partition coefficient (Wildman–Crippen LogP) is 1.93. The molecule has 1 N–H and O–H groups in total. The van der Waals surface area contributed by atoms with E-state index < -0.39 is 10.1 Å². The van der Waals surface area contributed by atoms with Gasteiger partial charge in [-0.05, 0) is 37.0 Å². The molecule has 104 valence electrons. The normalized spacial score (nSPS) is 16.2. The molecule has 0 atom stereocenters. The summed E-state index contributed by atoms with van der Waals surface area (Å²) in [5.41, 5.74) is 2.07. The van der Waals surface area contributed by atoms with Crippen LogP contribution in [0.1, 0.15) is 30.9 Å². The summed E-state index contributed by atoms with van der Waals surface area (Å²) >= 11 is 0. The molecule has 1 heterocycles. The maximum atomic E-state index is 11.9. The second-order valence-electron chi connectivity index (χ2n) is 4.69. The number of hydrogen-bond donors (Lipinski definition) is 1. The lowest BCUT2D eigenvalue weighted by atomic mass is 10.0. The molecule has 0 aromatic heterocycles. The highest BCUT2D eigenvalue weighted by Crippen LogP contribution is 2.34. The molecule has 1 aliphatic rings. The van der Waals surface area contributed by atoms with Crippen molar-refractivity contribution in [1.29, 1.82) is 0 Å². The fourth-order valence-electron chi connectivity index (χ4n) is 2.55. The Labute approximate surface area is 113 Å². The van der Waals surface area contributed by atoms with Gasteiger partial charge in [0, 0.05) is 13.0 Å². The van der Waals surface area contributed by atoms with Crippen molar-refractivity contribution in [2.24, 2.45) is 0 Å². The standard InChI is InChI=1S/C13H17NO4S/c1-3-10-9(2)6-7-11(19(16,17)18)13(10)14-8-4-5-12(14)15/h6-7H,3-5,8H2,1-2H3,(H,16,17,18). The van der Waals surface area contributed by atoms with E-state index in [-0.39, 0.29) is 10.8 Å². The summed E-state index contributed by atoms with van der Waals surface area (Å²) in [6.07, 6.45) is 1.73. The van der Waals surface area contributed by atoms with Crippen molar-refractivity contribution in [1.82, 2.24) is 0 Å². The molecule has 1 aromatic carbocycles. The maximum Gasteiger partial charge on any atom is 0.296 e. The second kappa shape index (κ2) is 4.94. The molecule has 1 fully saturated rings. The number of anilines is 1. The van der Waals surface area contributed by atoms with Crippen LogP contribution in [0, 0.1) is 6.92 Å². The highest BCUT2D eigenvalue weighted by atomic mass is 32.2. The smallest absolute Gasteiger partial charge is 0.296 e. The van der Waals surface area contributed by atoms with Crippen molar-refractivity contribution in [3.63, 3.8) is 0 Å². The largest absolute Gasteiger partial charge is 0.311 e. The summed E-state index contributed by atoms with van der Waals surface area (Å²) < 4.78 is 32.4. The maximum absolute atomic E-state index is 11.9. The van der Waals surface area contributed by atoms with Gasteiger partial charge in [0.2, 0.25) is 5.91 Å². The molecule has 19 heavy (non-hydrogen) atoms. The second-order valence-corrected chi connectivity index (χ2v) is 6.08. The lowest BCUT2D eigenvalue weighted by molar-refractivity contribution is -0.117. The van der Waals surface area contributed by atoms with Crippen molar-refractivity contribution in [2.45, 2.75) is 38.0 Å². The molecule has 0 saturated carbocycles. The van der Waals surface area contributed by atoms with Crippen LogP contribution < -0.4 is 4.90 Å². The van der Waals surface area contributed by atoms with Crippen LogP contribution in [0.3, 0.4) is 0 Å². The molecule has 0 bridgehead atoms. The average Bonchev–Trinajstić information content (AvgIpc) is 2.73. The van der Waals surface area contributed by atoms with Crippen LogP contribution in [-0.4, -0.2) is 25.4 Å². The third kappa shape index (κ3) is 2.50. The van der Waals surface area contributed by atoms with Gasteiger partial charge in [0.05, 0.1) is 5.69 Å². The van der Waals surface area contributed by atoms with Crippen LogP contribution in [0.5, 0.6) is 0 Å². The fourth-order valence-corrected chi connectivity index (χ4v) is 3.27. The van der Waals surface area contributed by atoms with Gasteiger partial charge < -0.3 is 4.90 Å². The third-order valence-corrected chi connectivity index (χ3v) is 4.34. The topological polar surface area (TPSA) is 74.7 Å². The van der Waals surface area contributed by atoms with Gasteiger partial charge in [0.1, 0.15) is 4.90 Å². The zero-order valence-electron chi connectivity index (χ0n) is 11.0. The van der Waals surface area contributed by atoms with Gasteiger partial charge in [-0.25, -0.2) is 0 Å². The van der Waals surface area contributed by atoms with E-state index in [2.05, 4.69) is 0 Å². The Bertz CT molecular complexity index is 622. The fraction of sp³-hybridized carbons (Fsp3) is 0.462. The minimum absolute atomic E-state index is 0.0924. The van der Waals surface area contributed by atoms with E-state index in [1.54, 1.807) is 6.07 Å². The molecule has 1 amide bonds. The predicted molar refractivity (Wildman–Crippen MR) is 72.0 cm³/mol.